The zero-order valence-corrected chi connectivity index (χ0v) is 15.5. The molecule has 2 heterocycles. The minimum absolute atomic E-state index is 0.0574. The predicted octanol–water partition coefficient (Wildman–Crippen LogP) is 3.41. The van der Waals surface area contributed by atoms with E-state index in [4.69, 9.17) is 14.2 Å². The van der Waals surface area contributed by atoms with E-state index in [0.29, 0.717) is 17.2 Å². The molecule has 9 heteroatoms. The highest BCUT2D eigenvalue weighted by molar-refractivity contribution is 6.03. The zero-order valence-electron chi connectivity index (χ0n) is 15.5. The number of esters is 1. The molecule has 0 saturated heterocycles. The Bertz CT molecular complexity index is 1030. The molecule has 1 N–H and O–H groups in total. The van der Waals surface area contributed by atoms with Gasteiger partial charge in [0, 0.05) is 11.8 Å². The lowest BCUT2D eigenvalue weighted by molar-refractivity contribution is -0.136. The van der Waals surface area contributed by atoms with Gasteiger partial charge in [0.2, 0.25) is 6.79 Å². The van der Waals surface area contributed by atoms with E-state index in [-0.39, 0.29) is 18.1 Å². The molecule has 0 saturated carbocycles. The molecule has 0 aromatic heterocycles. The summed E-state index contributed by atoms with van der Waals surface area (Å²) in [6, 6.07) is 6.10. The van der Waals surface area contributed by atoms with Crippen LogP contribution in [0.4, 0.5) is 19.3 Å². The van der Waals surface area contributed by atoms with Crippen LogP contribution in [-0.2, 0) is 9.53 Å². The van der Waals surface area contributed by atoms with Gasteiger partial charge in [-0.25, -0.2) is 18.4 Å². The molecule has 0 spiro atoms. The number of allylic oxidation sites excluding steroid dienone is 1. The van der Waals surface area contributed by atoms with Crippen LogP contribution in [-0.4, -0.2) is 25.9 Å². The first kappa shape index (κ1) is 18.7. The van der Waals surface area contributed by atoms with Crippen LogP contribution >= 0.6 is 0 Å². The summed E-state index contributed by atoms with van der Waals surface area (Å²) >= 11 is 0. The minimum atomic E-state index is -1.35. The third kappa shape index (κ3) is 3.04. The molecule has 1 unspecified atom stereocenters. The zero-order chi connectivity index (χ0) is 20.7. The van der Waals surface area contributed by atoms with Crippen LogP contribution < -0.4 is 19.7 Å². The van der Waals surface area contributed by atoms with Crippen LogP contribution in [0.25, 0.3) is 0 Å². The lowest BCUT2D eigenvalue weighted by Gasteiger charge is -2.35. The van der Waals surface area contributed by atoms with E-state index in [2.05, 4.69) is 5.32 Å². The maximum atomic E-state index is 14.4. The molecular weight excluding hydrogens is 386 g/mol. The monoisotopic (exact) mass is 402 g/mol. The van der Waals surface area contributed by atoms with Crippen molar-refractivity contribution in [3.8, 4) is 11.5 Å². The number of nitrogens with zero attached hydrogens (tertiary/aromatic N) is 1. The van der Waals surface area contributed by atoms with E-state index in [1.54, 1.807) is 18.2 Å². The molecule has 2 aliphatic rings. The summed E-state index contributed by atoms with van der Waals surface area (Å²) in [5.41, 5.74) is 0.0323. The van der Waals surface area contributed by atoms with Crippen molar-refractivity contribution in [1.29, 1.82) is 0 Å². The van der Waals surface area contributed by atoms with E-state index in [1.807, 2.05) is 0 Å². The summed E-state index contributed by atoms with van der Waals surface area (Å²) in [4.78, 5) is 26.6. The summed E-state index contributed by atoms with van der Waals surface area (Å²) in [5.74, 6) is -1.64. The fraction of sp³-hybridized carbons (Fsp3) is 0.200. The van der Waals surface area contributed by atoms with Crippen molar-refractivity contribution in [2.24, 2.45) is 0 Å². The number of urea groups is 1. The Labute approximate surface area is 164 Å². The molecule has 2 aromatic rings. The largest absolute Gasteiger partial charge is 0.466 e. The van der Waals surface area contributed by atoms with Crippen molar-refractivity contribution in [3.63, 3.8) is 0 Å². The van der Waals surface area contributed by atoms with Crippen LogP contribution in [0.2, 0.25) is 0 Å². The van der Waals surface area contributed by atoms with Crippen molar-refractivity contribution in [3.05, 3.63) is 64.9 Å². The van der Waals surface area contributed by atoms with Gasteiger partial charge in [-0.2, -0.15) is 0 Å². The average Bonchev–Trinajstić information content (AvgIpc) is 3.15. The van der Waals surface area contributed by atoms with Crippen LogP contribution in [0.5, 0.6) is 11.5 Å². The molecule has 4 rings (SSSR count). The first-order valence-electron chi connectivity index (χ1n) is 8.65. The fourth-order valence-corrected chi connectivity index (χ4v) is 3.46. The van der Waals surface area contributed by atoms with E-state index in [1.165, 1.54) is 17.9 Å². The molecular formula is C20H16F2N2O5. The highest BCUT2D eigenvalue weighted by Crippen LogP contribution is 2.40. The molecule has 0 bridgehead atoms. The van der Waals surface area contributed by atoms with Crippen molar-refractivity contribution < 1.29 is 32.6 Å². The second-order valence-electron chi connectivity index (χ2n) is 6.38. The SMILES string of the molecule is COC(=O)C1=C(C)N(c2ccc3c(c2)OCO3)C(=O)NC1c1c(F)cccc1F. The molecule has 7 nitrogen and oxygen atoms in total. The van der Waals surface area contributed by atoms with Gasteiger partial charge in [0.1, 0.15) is 11.6 Å². The maximum absolute atomic E-state index is 14.4. The van der Waals surface area contributed by atoms with E-state index >= 15 is 0 Å². The molecule has 0 fully saturated rings. The Kier molecular flexibility index (Phi) is 4.57. The van der Waals surface area contributed by atoms with Crippen molar-refractivity contribution >= 4 is 17.7 Å². The van der Waals surface area contributed by atoms with Gasteiger partial charge in [-0.05, 0) is 31.2 Å². The van der Waals surface area contributed by atoms with Crippen LogP contribution in [0.1, 0.15) is 18.5 Å². The fourth-order valence-electron chi connectivity index (χ4n) is 3.46. The number of amides is 2. The third-order valence-electron chi connectivity index (χ3n) is 4.79. The topological polar surface area (TPSA) is 77.1 Å². The number of carbonyl (C=O) groups excluding carboxylic acids is 2. The van der Waals surface area contributed by atoms with Crippen molar-refractivity contribution in [1.82, 2.24) is 5.32 Å². The van der Waals surface area contributed by atoms with Crippen LogP contribution in [0.15, 0.2) is 47.7 Å². The molecule has 150 valence electrons. The predicted molar refractivity (Wildman–Crippen MR) is 97.4 cm³/mol. The van der Waals surface area contributed by atoms with Gasteiger partial charge in [-0.15, -0.1) is 0 Å². The number of fused-ring (bicyclic) bond motifs is 1. The van der Waals surface area contributed by atoms with Gasteiger partial charge >= 0.3 is 12.0 Å². The number of benzene rings is 2. The third-order valence-corrected chi connectivity index (χ3v) is 4.79. The van der Waals surface area contributed by atoms with Gasteiger partial charge in [0.15, 0.2) is 11.5 Å². The summed E-state index contributed by atoms with van der Waals surface area (Å²) in [6.45, 7) is 1.56. The van der Waals surface area contributed by atoms with Crippen molar-refractivity contribution in [2.75, 3.05) is 18.8 Å². The van der Waals surface area contributed by atoms with Gasteiger partial charge in [-0.1, -0.05) is 6.07 Å². The second-order valence-corrected chi connectivity index (χ2v) is 6.38. The van der Waals surface area contributed by atoms with E-state index in [0.717, 1.165) is 19.2 Å². The van der Waals surface area contributed by atoms with E-state index in [9.17, 15) is 18.4 Å². The number of rotatable bonds is 3. The highest BCUT2D eigenvalue weighted by atomic mass is 19.1. The first-order valence-corrected chi connectivity index (χ1v) is 8.65. The molecule has 0 radical (unpaired) electrons. The molecule has 2 aliphatic heterocycles. The standard InChI is InChI=1S/C20H16F2N2O5/c1-10-16(19(25)27-2)18(17-12(21)4-3-5-13(17)22)23-20(26)24(10)11-6-7-14-15(8-11)29-9-28-14/h3-8,18H,9H2,1-2H3,(H,23,26). The van der Waals surface area contributed by atoms with Crippen molar-refractivity contribution in [2.45, 2.75) is 13.0 Å². The molecule has 1 atom stereocenters. The number of carbonyl (C=O) groups is 2. The van der Waals surface area contributed by atoms with Gasteiger partial charge in [0.25, 0.3) is 0 Å². The Balaban J connectivity index is 1.86. The molecule has 2 amide bonds. The number of hydrogen-bond acceptors (Lipinski definition) is 5. The number of anilines is 1. The normalized spacial score (nSPS) is 18.0. The van der Waals surface area contributed by atoms with Gasteiger partial charge in [-0.3, -0.25) is 4.90 Å². The van der Waals surface area contributed by atoms with E-state index < -0.39 is 35.2 Å². The second kappa shape index (κ2) is 7.08. The Hall–Kier alpha value is -3.62. The maximum Gasteiger partial charge on any atom is 0.337 e. The van der Waals surface area contributed by atoms with Crippen LogP contribution in [0, 0.1) is 11.6 Å². The lowest BCUT2D eigenvalue weighted by Crippen LogP contribution is -2.48. The van der Waals surface area contributed by atoms with Gasteiger partial charge < -0.3 is 19.5 Å². The Morgan fingerprint density at radius 2 is 1.86 bits per heavy atom. The smallest absolute Gasteiger partial charge is 0.337 e. The van der Waals surface area contributed by atoms with Crippen LogP contribution in [0.3, 0.4) is 0 Å². The number of methoxy groups -OCH3 is 1. The molecule has 0 aliphatic carbocycles. The number of nitrogens with one attached hydrogen (secondary N) is 1. The highest BCUT2D eigenvalue weighted by Gasteiger charge is 2.39. The lowest BCUT2D eigenvalue weighted by atomic mass is 9.93. The summed E-state index contributed by atoms with van der Waals surface area (Å²) < 4.78 is 44.2. The average molecular weight is 402 g/mol. The summed E-state index contributed by atoms with van der Waals surface area (Å²) in [7, 11) is 1.15. The number of hydrogen-bond donors (Lipinski definition) is 1. The Morgan fingerprint density at radius 3 is 2.55 bits per heavy atom. The number of halogens is 2. The number of ether oxygens (including phenoxy) is 3. The molecule has 29 heavy (non-hydrogen) atoms. The minimum Gasteiger partial charge on any atom is -0.466 e. The summed E-state index contributed by atoms with van der Waals surface area (Å²) in [5, 5.41) is 2.50. The summed E-state index contributed by atoms with van der Waals surface area (Å²) in [6.07, 6.45) is 0. The van der Waals surface area contributed by atoms with Gasteiger partial charge in [0.05, 0.1) is 30.0 Å². The quantitative estimate of drug-likeness (QED) is 0.797. The Morgan fingerprint density at radius 1 is 1.17 bits per heavy atom. The first-order chi connectivity index (χ1) is 13.9. The molecule has 2 aromatic carbocycles.